The van der Waals surface area contributed by atoms with Crippen LogP contribution in [-0.4, -0.2) is 32.7 Å². The van der Waals surface area contributed by atoms with Crippen molar-refractivity contribution in [1.82, 2.24) is 0 Å². The first-order valence-electron chi connectivity index (χ1n) is 2.67. The largest absolute Gasteiger partial charge is 0.503 e. The van der Waals surface area contributed by atoms with Crippen LogP contribution < -0.4 is 0 Å². The Kier molecular flexibility index (Phi) is 10.3. The summed E-state index contributed by atoms with van der Waals surface area (Å²) in [6, 6.07) is 0. The molecule has 11 heavy (non-hydrogen) atoms. The minimum Gasteiger partial charge on any atom is -0.450 e. The van der Waals surface area contributed by atoms with Crippen molar-refractivity contribution in [2.45, 2.75) is 17.9 Å². The standard InChI is InChI=1S/C4H7Br2F.CH2O3/c1-3(6)4(7)2-5;2-1(3)4/h3-4H,2H2,1H3;(H2,2,3,4). The fourth-order valence-corrected chi connectivity index (χ4v) is 1.37. The number of carbonyl (C=O) groups is 1. The van der Waals surface area contributed by atoms with Crippen LogP contribution in [0.4, 0.5) is 9.18 Å². The molecule has 0 aromatic carbocycles. The maximum Gasteiger partial charge on any atom is 0.503 e. The fourth-order valence-electron chi connectivity index (χ4n) is 0.123. The molecule has 0 fully saturated rings. The Morgan fingerprint density at radius 3 is 1.91 bits per heavy atom. The average molecular weight is 296 g/mol. The molecule has 0 rings (SSSR count). The summed E-state index contributed by atoms with van der Waals surface area (Å²) in [6.45, 7) is 1.78. The molecule has 0 aliphatic carbocycles. The first kappa shape index (κ1) is 13.7. The van der Waals surface area contributed by atoms with Crippen LogP contribution >= 0.6 is 31.9 Å². The van der Waals surface area contributed by atoms with Gasteiger partial charge in [-0.2, -0.15) is 0 Å². The van der Waals surface area contributed by atoms with E-state index in [1.165, 1.54) is 0 Å². The highest BCUT2D eigenvalue weighted by atomic mass is 79.9. The molecule has 0 spiro atoms. The van der Waals surface area contributed by atoms with Gasteiger partial charge < -0.3 is 10.2 Å². The van der Waals surface area contributed by atoms with E-state index in [-0.39, 0.29) is 4.83 Å². The van der Waals surface area contributed by atoms with E-state index in [9.17, 15) is 4.39 Å². The summed E-state index contributed by atoms with van der Waals surface area (Å²) in [5, 5.41) is 14.4. The topological polar surface area (TPSA) is 57.5 Å². The minimum atomic E-state index is -1.83. The van der Waals surface area contributed by atoms with Gasteiger partial charge in [-0.1, -0.05) is 31.9 Å². The number of hydrogen-bond acceptors (Lipinski definition) is 1. The molecule has 0 amide bonds. The molecule has 0 aliphatic rings. The van der Waals surface area contributed by atoms with Crippen LogP contribution in [0, 0.1) is 0 Å². The summed E-state index contributed by atoms with van der Waals surface area (Å²) in [4.78, 5) is 8.52. The molecular formula is C5H9Br2FO3. The molecule has 0 bridgehead atoms. The lowest BCUT2D eigenvalue weighted by atomic mass is 10.3. The highest BCUT2D eigenvalue weighted by Gasteiger charge is 2.09. The highest BCUT2D eigenvalue weighted by Crippen LogP contribution is 2.09. The zero-order chi connectivity index (χ0) is 9.44. The molecule has 0 radical (unpaired) electrons. The van der Waals surface area contributed by atoms with E-state index in [1.54, 1.807) is 6.92 Å². The normalized spacial score (nSPS) is 14.2. The molecule has 0 aliphatic heterocycles. The Morgan fingerprint density at radius 1 is 1.64 bits per heavy atom. The van der Waals surface area contributed by atoms with Gasteiger partial charge in [0.25, 0.3) is 0 Å². The van der Waals surface area contributed by atoms with Crippen molar-refractivity contribution in [1.29, 1.82) is 0 Å². The lowest BCUT2D eigenvalue weighted by Crippen LogP contribution is -2.12. The first-order chi connectivity index (χ1) is 4.91. The van der Waals surface area contributed by atoms with Gasteiger partial charge in [0.1, 0.15) is 6.17 Å². The van der Waals surface area contributed by atoms with Crippen LogP contribution in [0.2, 0.25) is 0 Å². The Morgan fingerprint density at radius 2 is 1.91 bits per heavy atom. The molecule has 0 saturated carbocycles. The Balaban J connectivity index is 0. The van der Waals surface area contributed by atoms with Crippen molar-refractivity contribution >= 4 is 38.0 Å². The molecular weight excluding hydrogens is 287 g/mol. The summed E-state index contributed by atoms with van der Waals surface area (Å²) >= 11 is 6.11. The van der Waals surface area contributed by atoms with Crippen LogP contribution in [0.15, 0.2) is 0 Å². The van der Waals surface area contributed by atoms with Crippen molar-refractivity contribution in [3.05, 3.63) is 0 Å². The van der Waals surface area contributed by atoms with Gasteiger partial charge >= 0.3 is 6.16 Å². The zero-order valence-electron chi connectivity index (χ0n) is 5.80. The van der Waals surface area contributed by atoms with E-state index in [0.717, 1.165) is 0 Å². The quantitative estimate of drug-likeness (QED) is 0.770. The number of carboxylic acid groups (broad SMARTS) is 2. The monoisotopic (exact) mass is 294 g/mol. The summed E-state index contributed by atoms with van der Waals surface area (Å²) in [7, 11) is 0. The molecule has 68 valence electrons. The molecule has 6 heteroatoms. The fraction of sp³-hybridized carbons (Fsp3) is 0.800. The smallest absolute Gasteiger partial charge is 0.450 e. The van der Waals surface area contributed by atoms with E-state index >= 15 is 0 Å². The van der Waals surface area contributed by atoms with Crippen LogP contribution in [0.25, 0.3) is 0 Å². The van der Waals surface area contributed by atoms with Crippen LogP contribution in [0.5, 0.6) is 0 Å². The van der Waals surface area contributed by atoms with Gasteiger partial charge in [0.2, 0.25) is 0 Å². The van der Waals surface area contributed by atoms with Gasteiger partial charge in [-0.3, -0.25) is 0 Å². The molecule has 2 atom stereocenters. The maximum atomic E-state index is 12.2. The summed E-state index contributed by atoms with van der Waals surface area (Å²) in [5.41, 5.74) is 0. The van der Waals surface area contributed by atoms with Crippen molar-refractivity contribution < 1.29 is 19.4 Å². The lowest BCUT2D eigenvalue weighted by molar-refractivity contribution is 0.137. The lowest BCUT2D eigenvalue weighted by Gasteiger charge is -2.03. The molecule has 3 nitrogen and oxygen atoms in total. The van der Waals surface area contributed by atoms with Gasteiger partial charge in [0.05, 0.1) is 0 Å². The summed E-state index contributed by atoms with van der Waals surface area (Å²) in [6.07, 6.45) is -2.60. The second-order valence-corrected chi connectivity index (χ2v) is 3.72. The van der Waals surface area contributed by atoms with Crippen molar-refractivity contribution in [3.63, 3.8) is 0 Å². The van der Waals surface area contributed by atoms with E-state index in [4.69, 9.17) is 15.0 Å². The van der Waals surface area contributed by atoms with Crippen molar-refractivity contribution in [2.24, 2.45) is 0 Å². The van der Waals surface area contributed by atoms with E-state index in [0.29, 0.717) is 5.33 Å². The zero-order valence-corrected chi connectivity index (χ0v) is 8.97. The summed E-state index contributed by atoms with van der Waals surface area (Å²) < 4.78 is 12.2. The predicted octanol–water partition coefficient (Wildman–Crippen LogP) is 2.73. The maximum absolute atomic E-state index is 12.2. The second-order valence-electron chi connectivity index (χ2n) is 1.63. The van der Waals surface area contributed by atoms with Gasteiger partial charge in [-0.25, -0.2) is 9.18 Å². The third-order valence-corrected chi connectivity index (χ3v) is 1.84. The van der Waals surface area contributed by atoms with Gasteiger partial charge in [0, 0.05) is 10.2 Å². The second kappa shape index (κ2) is 8.26. The van der Waals surface area contributed by atoms with Gasteiger partial charge in [-0.15, -0.1) is 0 Å². The van der Waals surface area contributed by atoms with Crippen LogP contribution in [-0.2, 0) is 0 Å². The number of halogens is 3. The van der Waals surface area contributed by atoms with Crippen LogP contribution in [0.1, 0.15) is 6.92 Å². The molecule has 0 aromatic heterocycles. The molecule has 2 unspecified atom stereocenters. The van der Waals surface area contributed by atoms with E-state index < -0.39 is 12.3 Å². The van der Waals surface area contributed by atoms with Crippen molar-refractivity contribution in [3.8, 4) is 0 Å². The number of rotatable bonds is 2. The van der Waals surface area contributed by atoms with E-state index in [1.807, 2.05) is 0 Å². The minimum absolute atomic E-state index is 0.0353. The third-order valence-electron chi connectivity index (χ3n) is 0.646. The third kappa shape index (κ3) is 17.8. The molecule has 0 aromatic rings. The van der Waals surface area contributed by atoms with E-state index in [2.05, 4.69) is 31.9 Å². The first-order valence-corrected chi connectivity index (χ1v) is 4.71. The van der Waals surface area contributed by atoms with Crippen LogP contribution in [0.3, 0.4) is 0 Å². The SMILES string of the molecule is CC(Br)C(F)CBr.O=C(O)O. The molecule has 2 N–H and O–H groups in total. The number of alkyl halides is 3. The van der Waals surface area contributed by atoms with Gasteiger partial charge in [0.15, 0.2) is 0 Å². The van der Waals surface area contributed by atoms with Crippen molar-refractivity contribution in [2.75, 3.05) is 5.33 Å². The highest BCUT2D eigenvalue weighted by molar-refractivity contribution is 9.10. The van der Waals surface area contributed by atoms with Gasteiger partial charge in [-0.05, 0) is 6.92 Å². The molecule has 0 saturated heterocycles. The average Bonchev–Trinajstić information content (AvgIpc) is 1.85. The Bertz CT molecular complexity index is 106. The Labute approximate surface area is 80.9 Å². The molecule has 0 heterocycles. The predicted molar refractivity (Wildman–Crippen MR) is 47.7 cm³/mol. The summed E-state index contributed by atoms with van der Waals surface area (Å²) in [5.74, 6) is 0. The number of hydrogen-bond donors (Lipinski definition) is 2. The Hall–Kier alpha value is 0.160.